The van der Waals surface area contributed by atoms with Crippen molar-refractivity contribution >= 4 is 23.4 Å². The van der Waals surface area contributed by atoms with Gasteiger partial charge in [-0.05, 0) is 59.1 Å². The molecule has 2 amide bonds. The Morgan fingerprint density at radius 1 is 1.25 bits per heavy atom. The minimum Gasteiger partial charge on any atom is -0.389 e. The highest BCUT2D eigenvalue weighted by Gasteiger charge is 2.34. The summed E-state index contributed by atoms with van der Waals surface area (Å²) in [7, 11) is 0. The van der Waals surface area contributed by atoms with Gasteiger partial charge >= 0.3 is 0 Å². The summed E-state index contributed by atoms with van der Waals surface area (Å²) in [4.78, 5) is 32.1. The van der Waals surface area contributed by atoms with Crippen LogP contribution in [0, 0.1) is 6.92 Å². The summed E-state index contributed by atoms with van der Waals surface area (Å²) in [6.07, 6.45) is 4.88. The molecule has 3 heterocycles. The molecule has 0 spiro atoms. The third kappa shape index (κ3) is 5.30. The fraction of sp³-hybridized carbons (Fsp3) is 0.565. The van der Waals surface area contributed by atoms with Gasteiger partial charge in [-0.15, -0.1) is 0 Å². The van der Waals surface area contributed by atoms with E-state index in [9.17, 15) is 14.7 Å². The van der Waals surface area contributed by atoms with Crippen molar-refractivity contribution < 1.29 is 14.7 Å². The monoisotopic (exact) mass is 461 g/mol. The summed E-state index contributed by atoms with van der Waals surface area (Å²) < 4.78 is 1.66. The lowest BCUT2D eigenvalue weighted by molar-refractivity contribution is -0.125. The van der Waals surface area contributed by atoms with Gasteiger partial charge in [0.15, 0.2) is 0 Å². The molecule has 0 aromatic carbocycles. The molecule has 2 N–H and O–H groups in total. The topological polar surface area (TPSA) is 100 Å². The number of hydrogen-bond donors (Lipinski definition) is 2. The summed E-state index contributed by atoms with van der Waals surface area (Å²) in [5, 5.41) is 17.8. The number of pyridine rings is 1. The van der Waals surface area contributed by atoms with Crippen molar-refractivity contribution in [2.45, 2.75) is 71.1 Å². The zero-order valence-corrected chi connectivity index (χ0v) is 20.1. The first-order valence-electron chi connectivity index (χ1n) is 10.9. The quantitative estimate of drug-likeness (QED) is 0.617. The van der Waals surface area contributed by atoms with Crippen molar-refractivity contribution in [3.63, 3.8) is 0 Å². The molecule has 2 aromatic rings. The lowest BCUT2D eigenvalue weighted by Crippen LogP contribution is -2.47. The van der Waals surface area contributed by atoms with E-state index in [4.69, 9.17) is 11.6 Å². The zero-order valence-electron chi connectivity index (χ0n) is 19.4. The highest BCUT2D eigenvalue weighted by molar-refractivity contribution is 6.29. The normalized spacial score (nSPS) is 17.0. The van der Waals surface area contributed by atoms with E-state index in [-0.39, 0.29) is 17.9 Å². The summed E-state index contributed by atoms with van der Waals surface area (Å²) >= 11 is 5.86. The van der Waals surface area contributed by atoms with Gasteiger partial charge < -0.3 is 15.3 Å². The van der Waals surface area contributed by atoms with Crippen LogP contribution in [0.25, 0.3) is 0 Å². The maximum atomic E-state index is 13.2. The van der Waals surface area contributed by atoms with Gasteiger partial charge in [-0.1, -0.05) is 17.7 Å². The molecule has 0 bridgehead atoms. The van der Waals surface area contributed by atoms with Crippen molar-refractivity contribution in [1.82, 2.24) is 25.0 Å². The maximum Gasteiger partial charge on any atom is 0.257 e. The van der Waals surface area contributed by atoms with Crippen LogP contribution in [0.15, 0.2) is 24.5 Å². The number of likely N-dealkylation sites (tertiary alicyclic amines) is 1. The van der Waals surface area contributed by atoms with Gasteiger partial charge in [-0.2, -0.15) is 5.10 Å². The predicted octanol–water partition coefficient (Wildman–Crippen LogP) is 2.71. The molecular formula is C23H32ClN5O3. The van der Waals surface area contributed by atoms with Gasteiger partial charge in [0.2, 0.25) is 5.91 Å². The van der Waals surface area contributed by atoms with Crippen molar-refractivity contribution in [1.29, 1.82) is 0 Å². The van der Waals surface area contributed by atoms with E-state index in [1.807, 2.05) is 25.7 Å². The fourth-order valence-corrected chi connectivity index (χ4v) is 4.07. The smallest absolute Gasteiger partial charge is 0.257 e. The minimum atomic E-state index is -0.927. The van der Waals surface area contributed by atoms with Crippen molar-refractivity contribution in [2.24, 2.45) is 0 Å². The number of carbonyl (C=O) groups excluding carboxylic acids is 2. The Morgan fingerprint density at radius 3 is 2.59 bits per heavy atom. The molecule has 0 unspecified atom stereocenters. The number of amides is 2. The summed E-state index contributed by atoms with van der Waals surface area (Å²) in [5.41, 5.74) is 0.320. The van der Waals surface area contributed by atoms with Gasteiger partial charge in [0.25, 0.3) is 5.91 Å². The first-order chi connectivity index (χ1) is 14.9. The fourth-order valence-electron chi connectivity index (χ4n) is 3.96. The van der Waals surface area contributed by atoms with Gasteiger partial charge in [0.05, 0.1) is 29.3 Å². The first kappa shape index (κ1) is 24.2. The molecule has 1 aliphatic rings. The maximum absolute atomic E-state index is 13.2. The Kier molecular flexibility index (Phi) is 6.95. The Bertz CT molecular complexity index is 979. The average molecular weight is 462 g/mol. The molecule has 1 fully saturated rings. The number of nitrogens with one attached hydrogen (secondary N) is 1. The number of nitrogens with zero attached hydrogens (tertiary/aromatic N) is 4. The molecule has 3 rings (SSSR count). The van der Waals surface area contributed by atoms with Crippen LogP contribution in [-0.4, -0.2) is 61.3 Å². The second-order valence-electron chi connectivity index (χ2n) is 9.61. The second-order valence-corrected chi connectivity index (χ2v) is 10.0. The number of aromatic nitrogens is 3. The van der Waals surface area contributed by atoms with Crippen molar-refractivity contribution in [3.05, 3.63) is 46.5 Å². The van der Waals surface area contributed by atoms with Crippen LogP contribution in [-0.2, 0) is 16.8 Å². The van der Waals surface area contributed by atoms with Gasteiger partial charge in [0.1, 0.15) is 5.15 Å². The van der Waals surface area contributed by atoms with E-state index in [2.05, 4.69) is 15.4 Å². The van der Waals surface area contributed by atoms with Crippen LogP contribution in [0.4, 0.5) is 0 Å². The molecule has 0 saturated carbocycles. The third-order valence-corrected chi connectivity index (χ3v) is 6.25. The molecular weight excluding hydrogens is 430 g/mol. The highest BCUT2D eigenvalue weighted by atomic mass is 35.5. The molecule has 0 radical (unpaired) electrons. The molecule has 9 heteroatoms. The first-order valence-corrected chi connectivity index (χ1v) is 11.2. The van der Waals surface area contributed by atoms with E-state index >= 15 is 0 Å². The van der Waals surface area contributed by atoms with Crippen LogP contribution in [0.5, 0.6) is 0 Å². The Labute approximate surface area is 194 Å². The highest BCUT2D eigenvalue weighted by Crippen LogP contribution is 2.25. The number of hydrogen-bond acceptors (Lipinski definition) is 5. The van der Waals surface area contributed by atoms with Crippen molar-refractivity contribution in [3.8, 4) is 0 Å². The molecule has 2 aromatic heterocycles. The van der Waals surface area contributed by atoms with Crippen LogP contribution in [0.3, 0.4) is 0 Å². The molecule has 174 valence electrons. The number of aliphatic hydroxyl groups is 1. The summed E-state index contributed by atoms with van der Waals surface area (Å²) in [6, 6.07) is 3.39. The summed E-state index contributed by atoms with van der Waals surface area (Å²) in [5.74, 6) is -0.225. The number of rotatable bonds is 7. The number of halogens is 1. The number of carbonyl (C=O) groups is 2. The van der Waals surface area contributed by atoms with E-state index in [0.29, 0.717) is 30.4 Å². The SMILES string of the molecule is Cc1c(C(=O)N2CCC[C@@H]2CNC(=O)C(C)(C)c2ccc(Cl)nc2)cnn1CC(C)(C)O. The molecule has 32 heavy (non-hydrogen) atoms. The third-order valence-electron chi connectivity index (χ3n) is 6.02. The van der Waals surface area contributed by atoms with Crippen LogP contribution in [0.1, 0.15) is 62.2 Å². The average Bonchev–Trinajstić information content (AvgIpc) is 3.32. The standard InChI is InChI=1S/C23H32ClN5O3/c1-15-18(13-27-29(15)14-22(2,3)32)20(30)28-10-6-7-17(28)12-26-21(31)23(4,5)16-8-9-19(24)25-11-16/h8-9,11,13,17,32H,6-7,10,12,14H2,1-5H3,(H,26,31)/t17-/m1/s1. The molecule has 0 aliphatic carbocycles. The predicted molar refractivity (Wildman–Crippen MR) is 123 cm³/mol. The van der Waals surface area contributed by atoms with Crippen LogP contribution in [0.2, 0.25) is 5.15 Å². The lowest BCUT2D eigenvalue weighted by Gasteiger charge is -2.28. The Morgan fingerprint density at radius 2 is 1.97 bits per heavy atom. The van der Waals surface area contributed by atoms with E-state index in [1.165, 1.54) is 0 Å². The van der Waals surface area contributed by atoms with Gasteiger partial charge in [0, 0.05) is 31.0 Å². The van der Waals surface area contributed by atoms with Gasteiger partial charge in [-0.25, -0.2) is 4.98 Å². The Balaban J connectivity index is 1.66. The van der Waals surface area contributed by atoms with Crippen LogP contribution >= 0.6 is 11.6 Å². The second kappa shape index (κ2) is 9.19. The summed E-state index contributed by atoms with van der Waals surface area (Å²) in [6.45, 7) is 10.2. The molecule has 1 atom stereocenters. The minimum absolute atomic E-state index is 0.0809. The molecule has 1 aliphatic heterocycles. The zero-order chi connectivity index (χ0) is 23.7. The largest absolute Gasteiger partial charge is 0.389 e. The molecule has 8 nitrogen and oxygen atoms in total. The van der Waals surface area contributed by atoms with Crippen LogP contribution < -0.4 is 5.32 Å². The molecule has 1 saturated heterocycles. The van der Waals surface area contributed by atoms with E-state index in [0.717, 1.165) is 24.1 Å². The Hall–Kier alpha value is -2.45. The van der Waals surface area contributed by atoms with Gasteiger partial charge in [-0.3, -0.25) is 14.3 Å². The van der Waals surface area contributed by atoms with Crippen molar-refractivity contribution in [2.75, 3.05) is 13.1 Å². The van der Waals surface area contributed by atoms with E-state index < -0.39 is 11.0 Å². The van der Waals surface area contributed by atoms with E-state index in [1.54, 1.807) is 43.1 Å². The lowest BCUT2D eigenvalue weighted by atomic mass is 9.84.